The predicted octanol–water partition coefficient (Wildman–Crippen LogP) is 3.72. The number of rotatable bonds is 5. The molecule has 1 aliphatic rings. The smallest absolute Gasteiger partial charge is 0.229 e. The highest BCUT2D eigenvalue weighted by molar-refractivity contribution is 5.61. The van der Waals surface area contributed by atoms with Crippen LogP contribution in [0.15, 0.2) is 66.9 Å². The van der Waals surface area contributed by atoms with Crippen LogP contribution in [-0.2, 0) is 0 Å². The zero-order valence-corrected chi connectivity index (χ0v) is 15.5. The number of para-hydroxylation sites is 1. The fraction of sp³-hybridized carbons (Fsp3) is 0.238. The first-order valence-electron chi connectivity index (χ1n) is 9.22. The van der Waals surface area contributed by atoms with Crippen LogP contribution in [-0.4, -0.2) is 48.1 Å². The average molecular weight is 360 g/mol. The van der Waals surface area contributed by atoms with E-state index in [-0.39, 0.29) is 0 Å². The quantitative estimate of drug-likeness (QED) is 0.723. The third-order valence-electron chi connectivity index (χ3n) is 4.69. The molecular weight excluding hydrogens is 336 g/mol. The summed E-state index contributed by atoms with van der Waals surface area (Å²) >= 11 is 0. The summed E-state index contributed by atoms with van der Waals surface area (Å²) in [6.45, 7) is 4.35. The number of aromatic nitrogens is 2. The maximum atomic E-state index is 4.53. The van der Waals surface area contributed by atoms with Gasteiger partial charge in [0.15, 0.2) is 0 Å². The number of nitrogens with one attached hydrogen (secondary N) is 2. The molecule has 6 nitrogen and oxygen atoms in total. The summed E-state index contributed by atoms with van der Waals surface area (Å²) in [5.41, 5.74) is 3.23. The molecule has 0 radical (unpaired) electrons. The Kier molecular flexibility index (Phi) is 5.16. The SMILES string of the molecule is CN1CCN(c2ccc(Nc3nccc(Nc4ccccc4)n3)cc2)CC1. The van der Waals surface area contributed by atoms with Crippen molar-refractivity contribution in [3.8, 4) is 0 Å². The predicted molar refractivity (Wildman–Crippen MR) is 111 cm³/mol. The normalized spacial score (nSPS) is 14.8. The maximum Gasteiger partial charge on any atom is 0.229 e. The molecule has 0 saturated carbocycles. The summed E-state index contributed by atoms with van der Waals surface area (Å²) in [6.07, 6.45) is 1.75. The monoisotopic (exact) mass is 360 g/mol. The molecule has 1 fully saturated rings. The number of likely N-dealkylation sites (N-methyl/N-ethyl adjacent to an activating group) is 1. The summed E-state index contributed by atoms with van der Waals surface area (Å²) in [4.78, 5) is 13.6. The minimum atomic E-state index is 0.572. The van der Waals surface area contributed by atoms with Crippen molar-refractivity contribution < 1.29 is 0 Å². The van der Waals surface area contributed by atoms with Gasteiger partial charge in [0.1, 0.15) is 5.82 Å². The van der Waals surface area contributed by atoms with Crippen molar-refractivity contribution in [3.05, 3.63) is 66.9 Å². The summed E-state index contributed by atoms with van der Waals surface area (Å²) in [6, 6.07) is 20.3. The van der Waals surface area contributed by atoms with Gasteiger partial charge in [-0.3, -0.25) is 0 Å². The zero-order valence-electron chi connectivity index (χ0n) is 15.5. The lowest BCUT2D eigenvalue weighted by molar-refractivity contribution is 0.313. The lowest BCUT2D eigenvalue weighted by Crippen LogP contribution is -2.44. The summed E-state index contributed by atoms with van der Waals surface area (Å²) in [7, 11) is 2.17. The molecule has 1 saturated heterocycles. The summed E-state index contributed by atoms with van der Waals surface area (Å²) < 4.78 is 0. The molecule has 138 valence electrons. The van der Waals surface area contributed by atoms with Gasteiger partial charge < -0.3 is 20.4 Å². The highest BCUT2D eigenvalue weighted by Crippen LogP contribution is 2.22. The van der Waals surface area contributed by atoms with Crippen LogP contribution in [0.4, 0.5) is 28.8 Å². The number of hydrogen-bond donors (Lipinski definition) is 2. The van der Waals surface area contributed by atoms with Crippen molar-refractivity contribution in [1.82, 2.24) is 14.9 Å². The number of hydrogen-bond acceptors (Lipinski definition) is 6. The first-order chi connectivity index (χ1) is 13.3. The highest BCUT2D eigenvalue weighted by atomic mass is 15.2. The molecule has 1 aliphatic heterocycles. The zero-order chi connectivity index (χ0) is 18.5. The van der Waals surface area contributed by atoms with E-state index in [0.29, 0.717) is 5.95 Å². The molecule has 0 spiro atoms. The molecule has 0 atom stereocenters. The van der Waals surface area contributed by atoms with Crippen LogP contribution in [0.1, 0.15) is 0 Å². The van der Waals surface area contributed by atoms with Crippen LogP contribution in [0.5, 0.6) is 0 Å². The molecule has 0 amide bonds. The van der Waals surface area contributed by atoms with Crippen molar-refractivity contribution in [2.75, 3.05) is 48.8 Å². The van der Waals surface area contributed by atoms with Crippen LogP contribution in [0.3, 0.4) is 0 Å². The van der Waals surface area contributed by atoms with E-state index in [1.165, 1.54) is 5.69 Å². The van der Waals surface area contributed by atoms with Gasteiger partial charge in [0.25, 0.3) is 0 Å². The Labute approximate surface area is 159 Å². The second-order valence-electron chi connectivity index (χ2n) is 6.72. The van der Waals surface area contributed by atoms with E-state index in [4.69, 9.17) is 0 Å². The van der Waals surface area contributed by atoms with E-state index >= 15 is 0 Å². The summed E-state index contributed by atoms with van der Waals surface area (Å²) in [5.74, 6) is 1.33. The Bertz CT molecular complexity index is 857. The molecule has 6 heteroatoms. The van der Waals surface area contributed by atoms with Crippen LogP contribution >= 0.6 is 0 Å². The Morgan fingerprint density at radius 3 is 2.22 bits per heavy atom. The van der Waals surface area contributed by atoms with E-state index in [1.54, 1.807) is 6.20 Å². The van der Waals surface area contributed by atoms with Gasteiger partial charge in [0.2, 0.25) is 5.95 Å². The Balaban J connectivity index is 1.41. The molecule has 4 rings (SSSR count). The van der Waals surface area contributed by atoms with Crippen LogP contribution in [0, 0.1) is 0 Å². The minimum Gasteiger partial charge on any atom is -0.369 e. The second kappa shape index (κ2) is 8.05. The molecule has 2 N–H and O–H groups in total. The standard InChI is InChI=1S/C21H24N6/c1-26-13-15-27(16-14-26)19-9-7-18(8-10-19)24-21-22-12-11-20(25-21)23-17-5-3-2-4-6-17/h2-12H,13-16H2,1H3,(H2,22,23,24,25). The fourth-order valence-corrected chi connectivity index (χ4v) is 3.11. The van der Waals surface area contributed by atoms with Crippen molar-refractivity contribution in [2.45, 2.75) is 0 Å². The molecule has 27 heavy (non-hydrogen) atoms. The lowest BCUT2D eigenvalue weighted by atomic mass is 10.2. The van der Waals surface area contributed by atoms with Crippen molar-refractivity contribution in [3.63, 3.8) is 0 Å². The van der Waals surface area contributed by atoms with Crippen LogP contribution in [0.2, 0.25) is 0 Å². The van der Waals surface area contributed by atoms with Gasteiger partial charge in [-0.25, -0.2) is 4.98 Å². The van der Waals surface area contributed by atoms with Gasteiger partial charge >= 0.3 is 0 Å². The van der Waals surface area contributed by atoms with E-state index < -0.39 is 0 Å². The number of anilines is 5. The largest absolute Gasteiger partial charge is 0.369 e. The van der Waals surface area contributed by atoms with Crippen molar-refractivity contribution in [2.24, 2.45) is 0 Å². The Morgan fingerprint density at radius 2 is 1.48 bits per heavy atom. The Morgan fingerprint density at radius 1 is 0.778 bits per heavy atom. The minimum absolute atomic E-state index is 0.572. The molecule has 0 aliphatic carbocycles. The molecule has 3 aromatic rings. The number of benzene rings is 2. The van der Waals surface area contributed by atoms with E-state index in [9.17, 15) is 0 Å². The molecule has 1 aromatic heterocycles. The molecule has 2 heterocycles. The van der Waals surface area contributed by atoms with Gasteiger partial charge in [0.05, 0.1) is 0 Å². The third kappa shape index (κ3) is 4.54. The molecule has 0 unspecified atom stereocenters. The van der Waals surface area contributed by atoms with E-state index in [1.807, 2.05) is 36.4 Å². The van der Waals surface area contributed by atoms with Crippen molar-refractivity contribution >= 4 is 28.8 Å². The Hall–Kier alpha value is -3.12. The second-order valence-corrected chi connectivity index (χ2v) is 6.72. The molecular formula is C21H24N6. The first-order valence-corrected chi connectivity index (χ1v) is 9.22. The van der Waals surface area contributed by atoms with E-state index in [2.05, 4.69) is 61.7 Å². The van der Waals surface area contributed by atoms with Crippen molar-refractivity contribution in [1.29, 1.82) is 0 Å². The van der Waals surface area contributed by atoms with Gasteiger partial charge in [0, 0.05) is 49.4 Å². The van der Waals surface area contributed by atoms with Crippen LogP contribution < -0.4 is 15.5 Å². The highest BCUT2D eigenvalue weighted by Gasteiger charge is 2.14. The maximum absolute atomic E-state index is 4.53. The third-order valence-corrected chi connectivity index (χ3v) is 4.69. The fourth-order valence-electron chi connectivity index (χ4n) is 3.11. The average Bonchev–Trinajstić information content (AvgIpc) is 2.70. The topological polar surface area (TPSA) is 56.3 Å². The number of nitrogens with zero attached hydrogens (tertiary/aromatic N) is 4. The van der Waals surface area contributed by atoms with Gasteiger partial charge in [-0.05, 0) is 49.5 Å². The summed E-state index contributed by atoms with van der Waals surface area (Å²) in [5, 5.41) is 6.56. The van der Waals surface area contributed by atoms with Gasteiger partial charge in [-0.1, -0.05) is 18.2 Å². The van der Waals surface area contributed by atoms with Crippen LogP contribution in [0.25, 0.3) is 0 Å². The van der Waals surface area contributed by atoms with Gasteiger partial charge in [-0.2, -0.15) is 4.98 Å². The van der Waals surface area contributed by atoms with Gasteiger partial charge in [-0.15, -0.1) is 0 Å². The first kappa shape index (κ1) is 17.3. The molecule has 0 bridgehead atoms. The molecule has 2 aromatic carbocycles. The number of piperazine rings is 1. The lowest BCUT2D eigenvalue weighted by Gasteiger charge is -2.34. The van der Waals surface area contributed by atoms with E-state index in [0.717, 1.165) is 43.4 Å².